The first-order chi connectivity index (χ1) is 15.3. The van der Waals surface area contributed by atoms with Gasteiger partial charge in [-0.3, -0.25) is 14.2 Å². The van der Waals surface area contributed by atoms with E-state index in [0.29, 0.717) is 41.3 Å². The number of aromatic nitrogens is 2. The SMILES string of the molecule is CC(C)C(c1nc2cc(Cl)ccc2c(=O)n1Cc1ccccc1)N1CCN(C)CCC1=O. The fourth-order valence-electron chi connectivity index (χ4n) is 4.39. The third-order valence-electron chi connectivity index (χ3n) is 6.11. The first kappa shape index (κ1) is 22.5. The van der Waals surface area contributed by atoms with Gasteiger partial charge >= 0.3 is 0 Å². The van der Waals surface area contributed by atoms with E-state index < -0.39 is 0 Å². The molecule has 4 rings (SSSR count). The van der Waals surface area contributed by atoms with Crippen LogP contribution in [-0.4, -0.2) is 51.9 Å². The van der Waals surface area contributed by atoms with Crippen LogP contribution in [0.15, 0.2) is 53.3 Å². The lowest BCUT2D eigenvalue weighted by Crippen LogP contribution is -2.42. The molecular formula is C25H29ClN4O2. The second kappa shape index (κ2) is 9.43. The molecule has 1 saturated heterocycles. The molecule has 0 radical (unpaired) electrons. The number of carbonyl (C=O) groups excluding carboxylic acids is 1. The predicted octanol–water partition coefficient (Wildman–Crippen LogP) is 3.96. The first-order valence-electron chi connectivity index (χ1n) is 11.1. The molecule has 0 N–H and O–H groups in total. The van der Waals surface area contributed by atoms with E-state index in [1.54, 1.807) is 22.8 Å². The molecule has 2 aromatic carbocycles. The zero-order valence-electron chi connectivity index (χ0n) is 18.8. The molecule has 168 valence electrons. The molecule has 32 heavy (non-hydrogen) atoms. The average Bonchev–Trinajstić information content (AvgIpc) is 2.92. The summed E-state index contributed by atoms with van der Waals surface area (Å²) in [6.07, 6.45) is 0.460. The summed E-state index contributed by atoms with van der Waals surface area (Å²) < 4.78 is 1.73. The van der Waals surface area contributed by atoms with Gasteiger partial charge in [0, 0.05) is 31.1 Å². The molecule has 1 fully saturated rings. The monoisotopic (exact) mass is 452 g/mol. The molecule has 0 bridgehead atoms. The highest BCUT2D eigenvalue weighted by Gasteiger charge is 2.33. The van der Waals surface area contributed by atoms with Crippen molar-refractivity contribution in [3.63, 3.8) is 0 Å². The Morgan fingerprint density at radius 1 is 1.03 bits per heavy atom. The van der Waals surface area contributed by atoms with Crippen molar-refractivity contribution in [2.75, 3.05) is 26.7 Å². The number of halogens is 1. The van der Waals surface area contributed by atoms with E-state index in [0.717, 1.165) is 18.7 Å². The highest BCUT2D eigenvalue weighted by Crippen LogP contribution is 2.30. The minimum Gasteiger partial charge on any atom is -0.331 e. The van der Waals surface area contributed by atoms with Gasteiger partial charge in [-0.05, 0) is 36.7 Å². The number of likely N-dealkylation sites (N-methyl/N-ethyl adjacent to an activating group) is 1. The number of hydrogen-bond acceptors (Lipinski definition) is 4. The van der Waals surface area contributed by atoms with Gasteiger partial charge in [0.05, 0.1) is 23.5 Å². The summed E-state index contributed by atoms with van der Waals surface area (Å²) in [5.74, 6) is 0.786. The Balaban J connectivity index is 1.91. The molecule has 0 saturated carbocycles. The predicted molar refractivity (Wildman–Crippen MR) is 128 cm³/mol. The maximum Gasteiger partial charge on any atom is 0.261 e. The van der Waals surface area contributed by atoms with Crippen molar-refractivity contribution in [2.45, 2.75) is 32.9 Å². The highest BCUT2D eigenvalue weighted by molar-refractivity contribution is 6.31. The van der Waals surface area contributed by atoms with Crippen molar-refractivity contribution >= 4 is 28.4 Å². The molecule has 6 nitrogen and oxygen atoms in total. The Kier molecular flexibility index (Phi) is 6.63. The minimum atomic E-state index is -0.311. The summed E-state index contributed by atoms with van der Waals surface area (Å²) in [4.78, 5) is 35.8. The zero-order chi connectivity index (χ0) is 22.8. The largest absolute Gasteiger partial charge is 0.331 e. The van der Waals surface area contributed by atoms with Crippen LogP contribution < -0.4 is 5.56 Å². The lowest BCUT2D eigenvalue weighted by Gasteiger charge is -2.34. The van der Waals surface area contributed by atoms with Crippen LogP contribution >= 0.6 is 11.6 Å². The Hall–Kier alpha value is -2.70. The minimum absolute atomic E-state index is 0.0768. The molecule has 7 heteroatoms. The number of nitrogens with zero attached hydrogens (tertiary/aromatic N) is 4. The van der Waals surface area contributed by atoms with Gasteiger partial charge < -0.3 is 9.80 Å². The molecule has 0 spiro atoms. The van der Waals surface area contributed by atoms with Crippen molar-refractivity contribution < 1.29 is 4.79 Å². The summed E-state index contributed by atoms with van der Waals surface area (Å²) in [5, 5.41) is 1.06. The van der Waals surface area contributed by atoms with Crippen LogP contribution in [0.25, 0.3) is 10.9 Å². The topological polar surface area (TPSA) is 58.4 Å². The van der Waals surface area contributed by atoms with Crippen molar-refractivity contribution in [3.8, 4) is 0 Å². The van der Waals surface area contributed by atoms with E-state index in [-0.39, 0.29) is 23.4 Å². The van der Waals surface area contributed by atoms with Gasteiger partial charge in [0.2, 0.25) is 5.91 Å². The van der Waals surface area contributed by atoms with Gasteiger partial charge in [0.1, 0.15) is 5.82 Å². The highest BCUT2D eigenvalue weighted by atomic mass is 35.5. The second-order valence-electron chi connectivity index (χ2n) is 8.84. The lowest BCUT2D eigenvalue weighted by atomic mass is 10.00. The fraction of sp³-hybridized carbons (Fsp3) is 0.400. The van der Waals surface area contributed by atoms with Crippen LogP contribution in [0.4, 0.5) is 0 Å². The second-order valence-corrected chi connectivity index (χ2v) is 9.27. The van der Waals surface area contributed by atoms with E-state index in [9.17, 15) is 9.59 Å². The maximum absolute atomic E-state index is 13.6. The Morgan fingerprint density at radius 3 is 2.50 bits per heavy atom. The molecule has 1 aromatic heterocycles. The van der Waals surface area contributed by atoms with Crippen molar-refractivity contribution in [1.29, 1.82) is 0 Å². The number of hydrogen-bond donors (Lipinski definition) is 0. The van der Waals surface area contributed by atoms with Crippen LogP contribution in [0.3, 0.4) is 0 Å². The number of fused-ring (bicyclic) bond motifs is 1. The van der Waals surface area contributed by atoms with E-state index in [4.69, 9.17) is 16.6 Å². The van der Waals surface area contributed by atoms with Gasteiger partial charge in [0.25, 0.3) is 5.56 Å². The van der Waals surface area contributed by atoms with E-state index >= 15 is 0 Å². The van der Waals surface area contributed by atoms with E-state index in [1.165, 1.54) is 0 Å². The number of benzene rings is 2. The van der Waals surface area contributed by atoms with E-state index in [2.05, 4.69) is 18.7 Å². The molecule has 1 aliphatic heterocycles. The molecule has 1 amide bonds. The normalized spacial score (nSPS) is 16.5. The van der Waals surface area contributed by atoms with Crippen LogP contribution in [0.2, 0.25) is 5.02 Å². The maximum atomic E-state index is 13.6. The number of amides is 1. The van der Waals surface area contributed by atoms with Crippen LogP contribution in [0.5, 0.6) is 0 Å². The number of carbonyl (C=O) groups is 1. The summed E-state index contributed by atoms with van der Waals surface area (Å²) in [6, 6.07) is 14.7. The average molecular weight is 453 g/mol. The summed E-state index contributed by atoms with van der Waals surface area (Å²) in [5.41, 5.74) is 1.46. The molecular weight excluding hydrogens is 424 g/mol. The number of rotatable bonds is 5. The molecule has 1 aliphatic rings. The smallest absolute Gasteiger partial charge is 0.261 e. The molecule has 1 unspecified atom stereocenters. The molecule has 2 heterocycles. The zero-order valence-corrected chi connectivity index (χ0v) is 19.5. The van der Waals surface area contributed by atoms with Crippen molar-refractivity contribution in [1.82, 2.24) is 19.4 Å². The summed E-state index contributed by atoms with van der Waals surface area (Å²) in [7, 11) is 2.03. The third kappa shape index (κ3) is 4.57. The van der Waals surface area contributed by atoms with Crippen molar-refractivity contribution in [3.05, 3.63) is 75.3 Å². The van der Waals surface area contributed by atoms with Crippen LogP contribution in [0, 0.1) is 5.92 Å². The third-order valence-corrected chi connectivity index (χ3v) is 6.35. The standard InChI is InChI=1S/C25H29ClN4O2/c1-17(2)23(29-14-13-28(3)12-11-22(29)31)24-27-21-15-19(26)9-10-20(21)25(32)30(24)16-18-7-5-4-6-8-18/h4-10,15,17,23H,11-14,16H2,1-3H3. The van der Waals surface area contributed by atoms with E-state index in [1.807, 2.05) is 42.3 Å². The Morgan fingerprint density at radius 2 is 1.78 bits per heavy atom. The molecule has 0 aliphatic carbocycles. The van der Waals surface area contributed by atoms with Gasteiger partial charge in [-0.15, -0.1) is 0 Å². The summed E-state index contributed by atoms with van der Waals surface area (Å²) in [6.45, 7) is 6.68. The van der Waals surface area contributed by atoms with Gasteiger partial charge in [-0.25, -0.2) is 4.98 Å². The lowest BCUT2D eigenvalue weighted by molar-refractivity contribution is -0.134. The molecule has 3 aromatic rings. The quantitative estimate of drug-likeness (QED) is 0.588. The van der Waals surface area contributed by atoms with Gasteiger partial charge in [-0.2, -0.15) is 0 Å². The van der Waals surface area contributed by atoms with Crippen molar-refractivity contribution in [2.24, 2.45) is 5.92 Å². The van der Waals surface area contributed by atoms with Gasteiger partial charge in [-0.1, -0.05) is 55.8 Å². The van der Waals surface area contributed by atoms with Crippen LogP contribution in [0.1, 0.15) is 37.7 Å². The van der Waals surface area contributed by atoms with Crippen LogP contribution in [-0.2, 0) is 11.3 Å². The fourth-order valence-corrected chi connectivity index (χ4v) is 4.56. The first-order valence-corrected chi connectivity index (χ1v) is 11.4. The van der Waals surface area contributed by atoms with Gasteiger partial charge in [0.15, 0.2) is 0 Å². The Bertz CT molecular complexity index is 1180. The molecule has 1 atom stereocenters. The summed E-state index contributed by atoms with van der Waals surface area (Å²) >= 11 is 6.23. The Labute approximate surface area is 193 Å².